The van der Waals surface area contributed by atoms with E-state index in [1.165, 1.54) is 5.57 Å². The number of rotatable bonds is 2. The lowest BCUT2D eigenvalue weighted by molar-refractivity contribution is 1.10. The Labute approximate surface area is 45.5 Å². The van der Waals surface area contributed by atoms with Crippen LogP contribution in [0, 0.1) is 0 Å². The second-order valence-electron chi connectivity index (χ2n) is 1.60. The Balaban J connectivity index is 3.49. The van der Waals surface area contributed by atoms with Gasteiger partial charge in [0.25, 0.3) is 0 Å². The van der Waals surface area contributed by atoms with Crippen molar-refractivity contribution in [3.8, 4) is 0 Å². The maximum Gasteiger partial charge on any atom is -0.0349 e. The summed E-state index contributed by atoms with van der Waals surface area (Å²) in [4.78, 5) is 0. The van der Waals surface area contributed by atoms with Gasteiger partial charge in [-0.05, 0) is 13.3 Å². The van der Waals surface area contributed by atoms with Gasteiger partial charge >= 0.3 is 0 Å². The van der Waals surface area contributed by atoms with Crippen LogP contribution in [-0.2, 0) is 0 Å². The van der Waals surface area contributed by atoms with E-state index >= 15 is 0 Å². The molecule has 0 heterocycles. The minimum atomic E-state index is 1.13. The summed E-state index contributed by atoms with van der Waals surface area (Å²) in [5, 5.41) is 0. The molecule has 0 bridgehead atoms. The summed E-state index contributed by atoms with van der Waals surface area (Å²) in [7, 11) is 0. The van der Waals surface area contributed by atoms with Gasteiger partial charge in [0.05, 0.1) is 0 Å². The highest BCUT2D eigenvalue weighted by molar-refractivity contribution is 5.06. The first-order chi connectivity index (χ1) is 3.31. The molecule has 0 unspecified atom stereocenters. The van der Waals surface area contributed by atoms with E-state index in [1.807, 2.05) is 12.2 Å². The molecule has 0 aromatic carbocycles. The minimum absolute atomic E-state index is 1.13. The standard InChI is InChI=1S/C7H12/c1-4-6-7(3)5-2/h4,6H,1,5H2,2-3H3/b7-6+. The van der Waals surface area contributed by atoms with Crippen LogP contribution in [0.1, 0.15) is 20.3 Å². The second-order valence-corrected chi connectivity index (χ2v) is 1.60. The average Bonchev–Trinajstić information content (AvgIpc) is 1.68. The van der Waals surface area contributed by atoms with Crippen molar-refractivity contribution in [1.82, 2.24) is 0 Å². The molecule has 0 amide bonds. The Bertz CT molecular complexity index is 78.0. The van der Waals surface area contributed by atoms with E-state index < -0.39 is 0 Å². The molecule has 0 nitrogen and oxygen atoms in total. The molecular weight excluding hydrogens is 84.1 g/mol. The lowest BCUT2D eigenvalue weighted by Crippen LogP contribution is -1.65. The summed E-state index contributed by atoms with van der Waals surface area (Å²) in [5.41, 5.74) is 1.38. The SMILES string of the molecule is C=C/C=C(\C)CC. The molecule has 0 saturated carbocycles. The topological polar surface area (TPSA) is 0 Å². The van der Waals surface area contributed by atoms with Crippen molar-refractivity contribution < 1.29 is 0 Å². The first kappa shape index (κ1) is 6.48. The summed E-state index contributed by atoms with van der Waals surface area (Å²) < 4.78 is 0. The molecule has 0 aliphatic carbocycles. The Morgan fingerprint density at radius 1 is 1.71 bits per heavy atom. The summed E-state index contributed by atoms with van der Waals surface area (Å²) in [6, 6.07) is 0. The molecule has 0 aliphatic heterocycles. The summed E-state index contributed by atoms with van der Waals surface area (Å²) >= 11 is 0. The first-order valence-electron chi connectivity index (χ1n) is 2.59. The van der Waals surface area contributed by atoms with Crippen LogP contribution in [0.5, 0.6) is 0 Å². The van der Waals surface area contributed by atoms with Crippen molar-refractivity contribution in [2.75, 3.05) is 0 Å². The molecule has 0 heteroatoms. The molecule has 7 heavy (non-hydrogen) atoms. The molecule has 0 aliphatic rings. The van der Waals surface area contributed by atoms with Gasteiger partial charge in [0.15, 0.2) is 0 Å². The third-order valence-electron chi connectivity index (χ3n) is 0.960. The van der Waals surface area contributed by atoms with Crippen LogP contribution in [0.15, 0.2) is 24.3 Å². The van der Waals surface area contributed by atoms with E-state index in [4.69, 9.17) is 0 Å². The summed E-state index contributed by atoms with van der Waals surface area (Å²) in [5.74, 6) is 0. The van der Waals surface area contributed by atoms with Crippen LogP contribution < -0.4 is 0 Å². The molecule has 0 spiro atoms. The fourth-order valence-electron chi connectivity index (χ4n) is 0.319. The number of hydrogen-bond acceptors (Lipinski definition) is 0. The first-order valence-corrected chi connectivity index (χ1v) is 2.59. The molecule has 0 fully saturated rings. The molecular formula is C7H12. The fraction of sp³-hybridized carbons (Fsp3) is 0.429. The zero-order chi connectivity index (χ0) is 5.70. The van der Waals surface area contributed by atoms with Crippen LogP contribution >= 0.6 is 0 Å². The summed E-state index contributed by atoms with van der Waals surface area (Å²) in [6.07, 6.45) is 4.98. The van der Waals surface area contributed by atoms with Gasteiger partial charge in [-0.2, -0.15) is 0 Å². The van der Waals surface area contributed by atoms with Crippen molar-refractivity contribution in [2.45, 2.75) is 20.3 Å². The van der Waals surface area contributed by atoms with E-state index in [0.29, 0.717) is 0 Å². The van der Waals surface area contributed by atoms with Gasteiger partial charge in [0.2, 0.25) is 0 Å². The Morgan fingerprint density at radius 2 is 2.29 bits per heavy atom. The van der Waals surface area contributed by atoms with Gasteiger partial charge in [-0.25, -0.2) is 0 Å². The van der Waals surface area contributed by atoms with Crippen LogP contribution in [-0.4, -0.2) is 0 Å². The van der Waals surface area contributed by atoms with Gasteiger partial charge in [0.1, 0.15) is 0 Å². The lowest BCUT2D eigenvalue weighted by atomic mass is 10.2. The van der Waals surface area contributed by atoms with Crippen LogP contribution in [0.25, 0.3) is 0 Å². The van der Waals surface area contributed by atoms with Crippen molar-refractivity contribution in [3.63, 3.8) is 0 Å². The minimum Gasteiger partial charge on any atom is -0.0991 e. The quantitative estimate of drug-likeness (QED) is 0.463. The van der Waals surface area contributed by atoms with Gasteiger partial charge in [-0.15, -0.1) is 0 Å². The van der Waals surface area contributed by atoms with Crippen LogP contribution in [0.3, 0.4) is 0 Å². The van der Waals surface area contributed by atoms with E-state index in [9.17, 15) is 0 Å². The van der Waals surface area contributed by atoms with Crippen molar-refractivity contribution in [1.29, 1.82) is 0 Å². The smallest absolute Gasteiger partial charge is 0.0349 e. The van der Waals surface area contributed by atoms with Gasteiger partial charge in [-0.1, -0.05) is 31.2 Å². The fourth-order valence-corrected chi connectivity index (χ4v) is 0.319. The zero-order valence-corrected chi connectivity index (χ0v) is 5.07. The summed E-state index contributed by atoms with van der Waals surface area (Å²) in [6.45, 7) is 7.81. The van der Waals surface area contributed by atoms with Crippen molar-refractivity contribution in [3.05, 3.63) is 24.3 Å². The van der Waals surface area contributed by atoms with Crippen LogP contribution in [0.4, 0.5) is 0 Å². The van der Waals surface area contributed by atoms with E-state index in [-0.39, 0.29) is 0 Å². The van der Waals surface area contributed by atoms with Crippen molar-refractivity contribution in [2.24, 2.45) is 0 Å². The van der Waals surface area contributed by atoms with E-state index in [1.54, 1.807) is 0 Å². The van der Waals surface area contributed by atoms with E-state index in [2.05, 4.69) is 20.4 Å². The molecule has 0 radical (unpaired) electrons. The second kappa shape index (κ2) is 3.66. The predicted molar refractivity (Wildman–Crippen MR) is 34.2 cm³/mol. The molecule has 0 aromatic rings. The highest BCUT2D eigenvalue weighted by Crippen LogP contribution is 1.95. The molecule has 0 N–H and O–H groups in total. The zero-order valence-electron chi connectivity index (χ0n) is 5.07. The average molecular weight is 96.2 g/mol. The Hall–Kier alpha value is -0.520. The van der Waals surface area contributed by atoms with Gasteiger partial charge in [-0.3, -0.25) is 0 Å². The Morgan fingerprint density at radius 3 is 2.43 bits per heavy atom. The molecule has 0 rings (SSSR count). The molecule has 0 aromatic heterocycles. The normalized spacial score (nSPS) is 11.4. The maximum atomic E-state index is 3.57. The van der Waals surface area contributed by atoms with Gasteiger partial charge in [0, 0.05) is 0 Å². The third kappa shape index (κ3) is 3.31. The third-order valence-corrected chi connectivity index (χ3v) is 0.960. The highest BCUT2D eigenvalue weighted by Gasteiger charge is 1.74. The van der Waals surface area contributed by atoms with E-state index in [0.717, 1.165) is 6.42 Å². The van der Waals surface area contributed by atoms with Crippen LogP contribution in [0.2, 0.25) is 0 Å². The maximum absolute atomic E-state index is 3.57. The number of allylic oxidation sites excluding steroid dienone is 3. The molecule has 40 valence electrons. The molecule has 0 saturated heterocycles. The predicted octanol–water partition coefficient (Wildman–Crippen LogP) is 2.53. The monoisotopic (exact) mass is 96.1 g/mol. The number of hydrogen-bond donors (Lipinski definition) is 0. The lowest BCUT2D eigenvalue weighted by Gasteiger charge is -1.86. The Kier molecular flexibility index (Phi) is 3.39. The van der Waals surface area contributed by atoms with Gasteiger partial charge < -0.3 is 0 Å². The largest absolute Gasteiger partial charge is 0.0991 e. The molecule has 0 atom stereocenters. The van der Waals surface area contributed by atoms with Crippen molar-refractivity contribution >= 4 is 0 Å². The highest BCUT2D eigenvalue weighted by atomic mass is 13.8.